The summed E-state index contributed by atoms with van der Waals surface area (Å²) in [7, 11) is 0. The molecule has 0 amide bonds. The minimum atomic E-state index is -0.298. The normalized spacial score (nSPS) is 10.6. The quantitative estimate of drug-likeness (QED) is 0.406. The van der Waals surface area contributed by atoms with Crippen molar-refractivity contribution in [1.29, 1.82) is 0 Å². The van der Waals surface area contributed by atoms with Crippen LogP contribution in [0.5, 0.6) is 5.75 Å². The molecule has 0 radical (unpaired) electrons. The van der Waals surface area contributed by atoms with Gasteiger partial charge in [0.05, 0.1) is 13.2 Å². The summed E-state index contributed by atoms with van der Waals surface area (Å²) in [5.41, 5.74) is 0.932. The van der Waals surface area contributed by atoms with Gasteiger partial charge < -0.3 is 9.47 Å². The highest BCUT2D eigenvalue weighted by molar-refractivity contribution is 5.87. The van der Waals surface area contributed by atoms with E-state index in [1.54, 1.807) is 6.08 Å². The zero-order chi connectivity index (χ0) is 13.9. The third-order valence-electron chi connectivity index (χ3n) is 2.49. The molecule has 0 heterocycles. The topological polar surface area (TPSA) is 35.5 Å². The van der Waals surface area contributed by atoms with Crippen LogP contribution in [0.25, 0.3) is 6.08 Å². The van der Waals surface area contributed by atoms with E-state index in [2.05, 4.69) is 13.8 Å². The summed E-state index contributed by atoms with van der Waals surface area (Å²) in [4.78, 5) is 11.4. The zero-order valence-corrected chi connectivity index (χ0v) is 11.7. The molecule has 0 spiro atoms. The van der Waals surface area contributed by atoms with Crippen LogP contribution in [0.4, 0.5) is 0 Å². The van der Waals surface area contributed by atoms with Crippen LogP contribution < -0.4 is 4.74 Å². The van der Waals surface area contributed by atoms with Crippen LogP contribution in [0.15, 0.2) is 30.3 Å². The number of ether oxygens (including phenoxy) is 2. The van der Waals surface area contributed by atoms with Crippen LogP contribution >= 0.6 is 0 Å². The van der Waals surface area contributed by atoms with E-state index in [0.29, 0.717) is 13.2 Å². The van der Waals surface area contributed by atoms with Crippen molar-refractivity contribution in [3.8, 4) is 5.75 Å². The first-order valence-electron chi connectivity index (χ1n) is 6.84. The molecule has 3 heteroatoms. The average Bonchev–Trinajstić information content (AvgIpc) is 2.44. The van der Waals surface area contributed by atoms with E-state index >= 15 is 0 Å². The molecule has 0 aliphatic rings. The Bertz CT molecular complexity index is 410. The van der Waals surface area contributed by atoms with Crippen LogP contribution in [0.1, 0.15) is 38.7 Å². The van der Waals surface area contributed by atoms with E-state index in [0.717, 1.165) is 30.6 Å². The van der Waals surface area contributed by atoms with Crippen LogP contribution in [0, 0.1) is 0 Å². The van der Waals surface area contributed by atoms with Crippen LogP contribution in [-0.4, -0.2) is 19.2 Å². The monoisotopic (exact) mass is 262 g/mol. The molecular weight excluding hydrogens is 240 g/mol. The molecule has 0 saturated heterocycles. The molecule has 104 valence electrons. The van der Waals surface area contributed by atoms with Gasteiger partial charge in [-0.1, -0.05) is 32.4 Å². The van der Waals surface area contributed by atoms with Crippen LogP contribution in [-0.2, 0) is 9.53 Å². The summed E-state index contributed by atoms with van der Waals surface area (Å²) < 4.78 is 10.6. The average molecular weight is 262 g/mol. The van der Waals surface area contributed by atoms with Gasteiger partial charge in [-0.3, -0.25) is 0 Å². The molecule has 0 N–H and O–H groups in total. The molecule has 0 aromatic heterocycles. The SMILES string of the molecule is CCCCOC(=O)C=Cc1cccc(OCCC)c1. The number of hydrogen-bond acceptors (Lipinski definition) is 3. The highest BCUT2D eigenvalue weighted by Gasteiger charge is 1.97. The second-order valence-corrected chi connectivity index (χ2v) is 4.28. The number of hydrogen-bond donors (Lipinski definition) is 0. The number of esters is 1. The molecule has 0 unspecified atom stereocenters. The Morgan fingerprint density at radius 2 is 2.05 bits per heavy atom. The van der Waals surface area contributed by atoms with E-state index in [4.69, 9.17) is 9.47 Å². The number of carbonyl (C=O) groups is 1. The molecule has 1 aromatic rings. The number of benzene rings is 1. The Morgan fingerprint density at radius 3 is 2.79 bits per heavy atom. The van der Waals surface area contributed by atoms with Gasteiger partial charge in [0, 0.05) is 6.08 Å². The molecule has 0 fully saturated rings. The van der Waals surface area contributed by atoms with Crippen molar-refractivity contribution in [1.82, 2.24) is 0 Å². The lowest BCUT2D eigenvalue weighted by molar-refractivity contribution is -0.137. The standard InChI is InChI=1S/C16H22O3/c1-3-5-12-19-16(17)10-9-14-7-6-8-15(13-14)18-11-4-2/h6-10,13H,3-5,11-12H2,1-2H3. The summed E-state index contributed by atoms with van der Waals surface area (Å²) in [6, 6.07) is 7.65. The molecule has 3 nitrogen and oxygen atoms in total. The van der Waals surface area contributed by atoms with E-state index < -0.39 is 0 Å². The number of carbonyl (C=O) groups excluding carboxylic acids is 1. The molecule has 19 heavy (non-hydrogen) atoms. The summed E-state index contributed by atoms with van der Waals surface area (Å²) in [6.07, 6.45) is 6.10. The molecule has 1 aromatic carbocycles. The highest BCUT2D eigenvalue weighted by Crippen LogP contribution is 2.14. The maximum Gasteiger partial charge on any atom is 0.330 e. The fourth-order valence-electron chi connectivity index (χ4n) is 1.46. The molecule has 0 aliphatic carbocycles. The second kappa shape index (κ2) is 9.20. The minimum Gasteiger partial charge on any atom is -0.494 e. The van der Waals surface area contributed by atoms with Gasteiger partial charge in [0.25, 0.3) is 0 Å². The van der Waals surface area contributed by atoms with Gasteiger partial charge in [0.15, 0.2) is 0 Å². The smallest absolute Gasteiger partial charge is 0.330 e. The predicted octanol–water partition coefficient (Wildman–Crippen LogP) is 3.83. The second-order valence-electron chi connectivity index (χ2n) is 4.28. The predicted molar refractivity (Wildman–Crippen MR) is 77.1 cm³/mol. The largest absolute Gasteiger partial charge is 0.494 e. The fourth-order valence-corrected chi connectivity index (χ4v) is 1.46. The highest BCUT2D eigenvalue weighted by atomic mass is 16.5. The van der Waals surface area contributed by atoms with Gasteiger partial charge >= 0.3 is 5.97 Å². The van der Waals surface area contributed by atoms with E-state index in [-0.39, 0.29) is 5.97 Å². The van der Waals surface area contributed by atoms with Crippen molar-refractivity contribution in [3.63, 3.8) is 0 Å². The molecule has 0 bridgehead atoms. The van der Waals surface area contributed by atoms with Crippen LogP contribution in [0.2, 0.25) is 0 Å². The van der Waals surface area contributed by atoms with Gasteiger partial charge in [-0.25, -0.2) is 4.79 Å². The van der Waals surface area contributed by atoms with Crippen molar-refractivity contribution in [2.75, 3.05) is 13.2 Å². The number of rotatable bonds is 8. The Kier molecular flexibility index (Phi) is 7.40. The Balaban J connectivity index is 2.48. The van der Waals surface area contributed by atoms with Crippen molar-refractivity contribution in [2.24, 2.45) is 0 Å². The zero-order valence-electron chi connectivity index (χ0n) is 11.7. The molecule has 1 rings (SSSR count). The maximum absolute atomic E-state index is 11.4. The molecule has 0 aliphatic heterocycles. The van der Waals surface area contributed by atoms with Crippen molar-refractivity contribution >= 4 is 12.0 Å². The van der Waals surface area contributed by atoms with Gasteiger partial charge in [0.1, 0.15) is 5.75 Å². The first-order chi connectivity index (χ1) is 9.26. The minimum absolute atomic E-state index is 0.298. The van der Waals surface area contributed by atoms with Gasteiger partial charge in [-0.2, -0.15) is 0 Å². The summed E-state index contributed by atoms with van der Waals surface area (Å²) >= 11 is 0. The Hall–Kier alpha value is -1.77. The fraction of sp³-hybridized carbons (Fsp3) is 0.438. The lowest BCUT2D eigenvalue weighted by atomic mass is 10.2. The third-order valence-corrected chi connectivity index (χ3v) is 2.49. The van der Waals surface area contributed by atoms with Crippen molar-refractivity contribution in [2.45, 2.75) is 33.1 Å². The molecular formula is C16H22O3. The Morgan fingerprint density at radius 1 is 1.21 bits per heavy atom. The molecule has 0 atom stereocenters. The first-order valence-corrected chi connectivity index (χ1v) is 6.84. The third kappa shape index (κ3) is 6.65. The summed E-state index contributed by atoms with van der Waals surface area (Å²) in [6.45, 7) is 5.31. The van der Waals surface area contributed by atoms with E-state index in [1.807, 2.05) is 24.3 Å². The van der Waals surface area contributed by atoms with Crippen LogP contribution in [0.3, 0.4) is 0 Å². The van der Waals surface area contributed by atoms with E-state index in [9.17, 15) is 4.79 Å². The van der Waals surface area contributed by atoms with Gasteiger partial charge in [0.2, 0.25) is 0 Å². The van der Waals surface area contributed by atoms with E-state index in [1.165, 1.54) is 6.08 Å². The Labute approximate surface area is 115 Å². The maximum atomic E-state index is 11.4. The van der Waals surface area contributed by atoms with Gasteiger partial charge in [-0.05, 0) is 36.6 Å². The lowest BCUT2D eigenvalue weighted by Crippen LogP contribution is -2.01. The van der Waals surface area contributed by atoms with Gasteiger partial charge in [-0.15, -0.1) is 0 Å². The number of unbranched alkanes of at least 4 members (excludes halogenated alkanes) is 1. The summed E-state index contributed by atoms with van der Waals surface area (Å²) in [5, 5.41) is 0. The van der Waals surface area contributed by atoms with Crippen molar-refractivity contribution in [3.05, 3.63) is 35.9 Å². The van der Waals surface area contributed by atoms with Crippen molar-refractivity contribution < 1.29 is 14.3 Å². The lowest BCUT2D eigenvalue weighted by Gasteiger charge is -2.04. The first kappa shape index (κ1) is 15.3. The summed E-state index contributed by atoms with van der Waals surface area (Å²) in [5.74, 6) is 0.525. The molecule has 0 saturated carbocycles.